The quantitative estimate of drug-likeness (QED) is 0.716. The minimum absolute atomic E-state index is 0.0619. The number of rotatable bonds is 6. The first-order valence-electron chi connectivity index (χ1n) is 9.95. The van der Waals surface area contributed by atoms with E-state index in [1.165, 1.54) is 8.61 Å². The molecule has 1 aliphatic rings. The molecule has 0 aliphatic carbocycles. The number of pyridine rings is 1. The smallest absolute Gasteiger partial charge is 0.282 e. The van der Waals surface area contributed by atoms with Crippen molar-refractivity contribution in [1.29, 1.82) is 0 Å². The molecule has 1 aliphatic heterocycles. The topological polar surface area (TPSA) is 78.8 Å². The van der Waals surface area contributed by atoms with Crippen LogP contribution in [0.5, 0.6) is 0 Å². The maximum atomic E-state index is 13.1. The van der Waals surface area contributed by atoms with Crippen molar-refractivity contribution < 1.29 is 13.2 Å². The summed E-state index contributed by atoms with van der Waals surface area (Å²) in [5, 5.41) is 0. The fourth-order valence-corrected chi connectivity index (χ4v) is 5.47. The lowest BCUT2D eigenvalue weighted by atomic mass is 10.2. The van der Waals surface area contributed by atoms with Crippen LogP contribution in [0.15, 0.2) is 30.6 Å². The summed E-state index contributed by atoms with van der Waals surface area (Å²) >= 11 is 0. The Balaban J connectivity index is 1.75. The summed E-state index contributed by atoms with van der Waals surface area (Å²) in [7, 11) is -3.47. The van der Waals surface area contributed by atoms with Crippen LogP contribution in [0, 0.1) is 13.8 Å². The number of carbonyl (C=O) groups is 1. The van der Waals surface area contributed by atoms with Crippen molar-refractivity contribution in [2.75, 3.05) is 39.3 Å². The van der Waals surface area contributed by atoms with Crippen LogP contribution >= 0.6 is 0 Å². The zero-order valence-corrected chi connectivity index (χ0v) is 18.3. The third-order valence-corrected chi connectivity index (χ3v) is 7.64. The van der Waals surface area contributed by atoms with E-state index in [1.54, 1.807) is 17.3 Å². The highest BCUT2D eigenvalue weighted by molar-refractivity contribution is 7.86. The molecule has 3 rings (SSSR count). The molecular formula is C20H29N5O3S. The van der Waals surface area contributed by atoms with Gasteiger partial charge in [0.2, 0.25) is 0 Å². The summed E-state index contributed by atoms with van der Waals surface area (Å²) in [6.45, 7) is 9.83. The third kappa shape index (κ3) is 4.08. The van der Waals surface area contributed by atoms with Crippen LogP contribution in [0.3, 0.4) is 0 Å². The first-order chi connectivity index (χ1) is 13.8. The maximum Gasteiger partial charge on any atom is 0.282 e. The van der Waals surface area contributed by atoms with E-state index in [9.17, 15) is 13.2 Å². The minimum atomic E-state index is -3.47. The molecule has 29 heavy (non-hydrogen) atoms. The standard InChI is InChI=1S/C20H29N5O3S/c1-5-23(6-2)29(27,28)24-12-10-22(11-13-24)20(26)19-14-16(3)25(17(19)4)18-8-7-9-21-15-18/h7-9,14-15H,5-6,10-13H2,1-4H3. The maximum absolute atomic E-state index is 13.1. The number of aromatic nitrogens is 2. The van der Waals surface area contributed by atoms with E-state index in [-0.39, 0.29) is 5.91 Å². The first-order valence-corrected chi connectivity index (χ1v) is 11.3. The molecule has 2 aromatic heterocycles. The van der Waals surface area contributed by atoms with Gasteiger partial charge in [-0.25, -0.2) is 0 Å². The molecule has 2 aromatic rings. The molecule has 0 unspecified atom stereocenters. The molecule has 8 nitrogen and oxygen atoms in total. The van der Waals surface area contributed by atoms with E-state index in [0.717, 1.165) is 17.1 Å². The van der Waals surface area contributed by atoms with E-state index >= 15 is 0 Å². The van der Waals surface area contributed by atoms with Gasteiger partial charge < -0.3 is 9.47 Å². The SMILES string of the molecule is CCN(CC)S(=O)(=O)N1CCN(C(=O)c2cc(C)n(-c3cccnc3)c2C)CC1. The van der Waals surface area contributed by atoms with Gasteiger partial charge in [-0.3, -0.25) is 9.78 Å². The Morgan fingerprint density at radius 3 is 2.34 bits per heavy atom. The van der Waals surface area contributed by atoms with Gasteiger partial charge in [-0.1, -0.05) is 13.8 Å². The number of nitrogens with zero attached hydrogens (tertiary/aromatic N) is 5. The molecule has 0 saturated carbocycles. The molecule has 0 atom stereocenters. The van der Waals surface area contributed by atoms with Gasteiger partial charge in [-0.2, -0.15) is 17.0 Å². The van der Waals surface area contributed by atoms with Gasteiger partial charge in [0.15, 0.2) is 0 Å². The Hall–Kier alpha value is -2.23. The van der Waals surface area contributed by atoms with Gasteiger partial charge in [0.1, 0.15) is 0 Å². The van der Waals surface area contributed by atoms with Gasteiger partial charge in [-0.05, 0) is 32.0 Å². The summed E-state index contributed by atoms with van der Waals surface area (Å²) in [6.07, 6.45) is 3.49. The van der Waals surface area contributed by atoms with Crippen LogP contribution in [-0.2, 0) is 10.2 Å². The molecule has 1 fully saturated rings. The summed E-state index contributed by atoms with van der Waals surface area (Å²) < 4.78 is 30.3. The molecule has 0 radical (unpaired) electrons. The van der Waals surface area contributed by atoms with Crippen LogP contribution in [-0.4, -0.2) is 76.7 Å². The van der Waals surface area contributed by atoms with Crippen molar-refractivity contribution in [2.24, 2.45) is 0 Å². The molecular weight excluding hydrogens is 390 g/mol. The van der Waals surface area contributed by atoms with E-state index in [2.05, 4.69) is 4.98 Å². The minimum Gasteiger partial charge on any atom is -0.336 e. The van der Waals surface area contributed by atoms with Gasteiger partial charge in [0, 0.05) is 56.9 Å². The zero-order valence-electron chi connectivity index (χ0n) is 17.5. The van der Waals surface area contributed by atoms with Crippen molar-refractivity contribution in [2.45, 2.75) is 27.7 Å². The largest absolute Gasteiger partial charge is 0.336 e. The lowest BCUT2D eigenvalue weighted by Gasteiger charge is -2.36. The fraction of sp³-hybridized carbons (Fsp3) is 0.500. The Labute approximate surface area is 172 Å². The molecule has 0 spiro atoms. The number of carbonyl (C=O) groups excluding carboxylic acids is 1. The molecule has 1 saturated heterocycles. The second kappa shape index (κ2) is 8.64. The van der Waals surface area contributed by atoms with Crippen LogP contribution in [0.25, 0.3) is 5.69 Å². The second-order valence-corrected chi connectivity index (χ2v) is 9.04. The van der Waals surface area contributed by atoms with E-state index in [4.69, 9.17) is 0 Å². The zero-order chi connectivity index (χ0) is 21.2. The Morgan fingerprint density at radius 1 is 1.14 bits per heavy atom. The summed E-state index contributed by atoms with van der Waals surface area (Å²) in [4.78, 5) is 19.0. The molecule has 158 valence electrons. The van der Waals surface area contributed by atoms with Crippen molar-refractivity contribution in [3.05, 3.63) is 47.5 Å². The Morgan fingerprint density at radius 2 is 1.79 bits per heavy atom. The molecule has 9 heteroatoms. The van der Waals surface area contributed by atoms with Gasteiger partial charge in [0.05, 0.1) is 17.4 Å². The van der Waals surface area contributed by atoms with E-state index < -0.39 is 10.2 Å². The van der Waals surface area contributed by atoms with E-state index in [1.807, 2.05) is 50.5 Å². The molecule has 0 aromatic carbocycles. The number of piperazine rings is 1. The lowest BCUT2D eigenvalue weighted by molar-refractivity contribution is 0.0693. The van der Waals surface area contributed by atoms with Crippen LogP contribution in [0.1, 0.15) is 35.6 Å². The lowest BCUT2D eigenvalue weighted by Crippen LogP contribution is -2.54. The highest BCUT2D eigenvalue weighted by Crippen LogP contribution is 2.22. The summed E-state index contributed by atoms with van der Waals surface area (Å²) in [5.41, 5.74) is 3.38. The first kappa shape index (κ1) is 21.5. The van der Waals surface area contributed by atoms with Crippen LogP contribution < -0.4 is 0 Å². The van der Waals surface area contributed by atoms with Gasteiger partial charge >= 0.3 is 0 Å². The number of aryl methyl sites for hydroxylation is 1. The predicted molar refractivity (Wildman–Crippen MR) is 112 cm³/mol. The second-order valence-electron chi connectivity index (χ2n) is 7.11. The molecule has 0 bridgehead atoms. The van der Waals surface area contributed by atoms with Crippen molar-refractivity contribution in [3.63, 3.8) is 0 Å². The van der Waals surface area contributed by atoms with Crippen molar-refractivity contribution in [3.8, 4) is 5.69 Å². The third-order valence-electron chi connectivity index (χ3n) is 5.45. The van der Waals surface area contributed by atoms with Crippen molar-refractivity contribution >= 4 is 16.1 Å². The van der Waals surface area contributed by atoms with Gasteiger partial charge in [0.25, 0.3) is 16.1 Å². The van der Waals surface area contributed by atoms with Gasteiger partial charge in [-0.15, -0.1) is 0 Å². The van der Waals surface area contributed by atoms with E-state index in [0.29, 0.717) is 44.8 Å². The Bertz CT molecular complexity index is 960. The molecule has 0 N–H and O–H groups in total. The predicted octanol–water partition coefficient (Wildman–Crippen LogP) is 1.83. The normalized spacial score (nSPS) is 15.8. The average molecular weight is 420 g/mol. The van der Waals surface area contributed by atoms with Crippen LogP contribution in [0.2, 0.25) is 0 Å². The Kier molecular flexibility index (Phi) is 6.40. The van der Waals surface area contributed by atoms with Crippen LogP contribution in [0.4, 0.5) is 0 Å². The number of hydrogen-bond donors (Lipinski definition) is 0. The number of amides is 1. The molecule has 3 heterocycles. The average Bonchev–Trinajstić information content (AvgIpc) is 3.03. The summed E-state index contributed by atoms with van der Waals surface area (Å²) in [5.74, 6) is -0.0619. The summed E-state index contributed by atoms with van der Waals surface area (Å²) in [6, 6.07) is 5.72. The molecule has 1 amide bonds. The fourth-order valence-electron chi connectivity index (χ4n) is 3.87. The van der Waals surface area contributed by atoms with Crippen molar-refractivity contribution in [1.82, 2.24) is 23.1 Å². The highest BCUT2D eigenvalue weighted by Gasteiger charge is 2.33. The number of hydrogen-bond acceptors (Lipinski definition) is 4. The highest BCUT2D eigenvalue weighted by atomic mass is 32.2. The monoisotopic (exact) mass is 419 g/mol.